The van der Waals surface area contributed by atoms with Gasteiger partial charge in [-0.15, -0.1) is 0 Å². The number of para-hydroxylation sites is 1. The van der Waals surface area contributed by atoms with Crippen LogP contribution in [-0.4, -0.2) is 29.3 Å². The van der Waals surface area contributed by atoms with Crippen molar-refractivity contribution in [3.8, 4) is 5.75 Å². The summed E-state index contributed by atoms with van der Waals surface area (Å²) in [6, 6.07) is 11.9. The van der Waals surface area contributed by atoms with Crippen LogP contribution in [0.1, 0.15) is 23.7 Å². The van der Waals surface area contributed by atoms with Crippen molar-refractivity contribution in [3.05, 3.63) is 59.9 Å². The smallest absolute Gasteiger partial charge is 0.122 e. The molecule has 2 heterocycles. The highest BCUT2D eigenvalue weighted by atomic mass is 16.5. The van der Waals surface area contributed by atoms with Crippen molar-refractivity contribution in [2.45, 2.75) is 25.0 Å². The summed E-state index contributed by atoms with van der Waals surface area (Å²) in [5.74, 6) is 0.989. The average molecular weight is 284 g/mol. The molecule has 1 aliphatic heterocycles. The van der Waals surface area contributed by atoms with Gasteiger partial charge in [-0.1, -0.05) is 24.3 Å². The molecular weight excluding hydrogens is 264 g/mol. The summed E-state index contributed by atoms with van der Waals surface area (Å²) in [5.41, 5.74) is 2.11. The van der Waals surface area contributed by atoms with E-state index >= 15 is 0 Å². The average Bonchev–Trinajstić information content (AvgIpc) is 2.55. The van der Waals surface area contributed by atoms with Crippen molar-refractivity contribution < 1.29 is 9.84 Å². The number of nitrogens with one attached hydrogen (secondary N) is 1. The van der Waals surface area contributed by atoms with E-state index in [1.165, 1.54) is 5.56 Å². The number of hydrogen-bond donors (Lipinski definition) is 2. The van der Waals surface area contributed by atoms with Gasteiger partial charge in [-0.05, 0) is 30.5 Å². The third-order valence-corrected chi connectivity index (χ3v) is 3.78. The minimum Gasteiger partial charge on any atom is -0.489 e. The molecule has 0 amide bonds. The van der Waals surface area contributed by atoms with Crippen molar-refractivity contribution in [2.75, 3.05) is 13.1 Å². The molecule has 2 aromatic rings. The van der Waals surface area contributed by atoms with Gasteiger partial charge in [0.15, 0.2) is 0 Å². The predicted octanol–water partition coefficient (Wildman–Crippen LogP) is 2.10. The van der Waals surface area contributed by atoms with Crippen LogP contribution in [-0.2, 0) is 6.42 Å². The molecule has 0 saturated heterocycles. The lowest BCUT2D eigenvalue weighted by atomic mass is 10.0. The van der Waals surface area contributed by atoms with Gasteiger partial charge in [-0.3, -0.25) is 4.98 Å². The minimum absolute atomic E-state index is 0.168. The second-order valence-electron chi connectivity index (χ2n) is 5.35. The van der Waals surface area contributed by atoms with Crippen LogP contribution in [0.3, 0.4) is 0 Å². The van der Waals surface area contributed by atoms with E-state index in [0.717, 1.165) is 30.7 Å². The molecule has 1 aliphatic rings. The van der Waals surface area contributed by atoms with Gasteiger partial charge >= 0.3 is 0 Å². The zero-order valence-electron chi connectivity index (χ0n) is 11.9. The summed E-state index contributed by atoms with van der Waals surface area (Å²) in [5, 5.41) is 13.3. The van der Waals surface area contributed by atoms with E-state index in [1.54, 1.807) is 12.4 Å². The maximum Gasteiger partial charge on any atom is 0.122 e. The Morgan fingerprint density at radius 3 is 3.05 bits per heavy atom. The number of aliphatic hydroxyl groups excluding tert-OH is 1. The van der Waals surface area contributed by atoms with Crippen LogP contribution in [0.5, 0.6) is 5.75 Å². The number of aryl methyl sites for hydroxylation is 1. The van der Waals surface area contributed by atoms with E-state index in [9.17, 15) is 5.11 Å². The summed E-state index contributed by atoms with van der Waals surface area (Å²) >= 11 is 0. The fourth-order valence-corrected chi connectivity index (χ4v) is 2.60. The second kappa shape index (κ2) is 6.70. The Hall–Kier alpha value is -1.91. The molecule has 2 atom stereocenters. The molecule has 2 N–H and O–H groups in total. The second-order valence-corrected chi connectivity index (χ2v) is 5.35. The Balaban J connectivity index is 1.47. The Morgan fingerprint density at radius 1 is 1.29 bits per heavy atom. The van der Waals surface area contributed by atoms with Gasteiger partial charge in [0.05, 0.1) is 6.10 Å². The molecule has 1 aromatic carbocycles. The summed E-state index contributed by atoms with van der Waals surface area (Å²) in [4.78, 5) is 4.02. The SMILES string of the molecule is O[C@@H](CNC[C@H]1CCc2ccccc2O1)c1cccnc1. The van der Waals surface area contributed by atoms with Gasteiger partial charge in [0.2, 0.25) is 0 Å². The number of hydrogen-bond acceptors (Lipinski definition) is 4. The lowest BCUT2D eigenvalue weighted by Crippen LogP contribution is -2.36. The first kappa shape index (κ1) is 14.0. The molecule has 0 saturated carbocycles. The van der Waals surface area contributed by atoms with Crippen LogP contribution in [0.25, 0.3) is 0 Å². The van der Waals surface area contributed by atoms with Crippen LogP contribution in [0.15, 0.2) is 48.8 Å². The standard InChI is InChI=1S/C17H20N2O2/c20-16(14-5-3-9-18-10-14)12-19-11-15-8-7-13-4-1-2-6-17(13)21-15/h1-6,9-10,15-16,19-20H,7-8,11-12H2/t15-,16+/m1/s1. The minimum atomic E-state index is -0.533. The highest BCUT2D eigenvalue weighted by Gasteiger charge is 2.19. The molecule has 4 heteroatoms. The monoisotopic (exact) mass is 284 g/mol. The van der Waals surface area contributed by atoms with Gasteiger partial charge in [0.25, 0.3) is 0 Å². The number of fused-ring (bicyclic) bond motifs is 1. The number of benzene rings is 1. The van der Waals surface area contributed by atoms with Crippen LogP contribution < -0.4 is 10.1 Å². The maximum absolute atomic E-state index is 10.1. The fraction of sp³-hybridized carbons (Fsp3) is 0.353. The molecule has 1 aromatic heterocycles. The van der Waals surface area contributed by atoms with Crippen molar-refractivity contribution >= 4 is 0 Å². The van der Waals surface area contributed by atoms with Crippen molar-refractivity contribution in [3.63, 3.8) is 0 Å². The number of rotatable bonds is 5. The summed E-state index contributed by atoms with van der Waals surface area (Å²) in [6.45, 7) is 1.25. The quantitative estimate of drug-likeness (QED) is 0.883. The van der Waals surface area contributed by atoms with Crippen molar-refractivity contribution in [1.82, 2.24) is 10.3 Å². The van der Waals surface area contributed by atoms with E-state index in [2.05, 4.69) is 16.4 Å². The van der Waals surface area contributed by atoms with E-state index < -0.39 is 6.10 Å². The molecule has 0 aliphatic carbocycles. The predicted molar refractivity (Wildman–Crippen MR) is 81.2 cm³/mol. The van der Waals surface area contributed by atoms with Gasteiger partial charge in [-0.2, -0.15) is 0 Å². The van der Waals surface area contributed by atoms with Crippen LogP contribution in [0, 0.1) is 0 Å². The molecule has 0 bridgehead atoms. The molecule has 0 radical (unpaired) electrons. The maximum atomic E-state index is 10.1. The molecule has 0 unspecified atom stereocenters. The van der Waals surface area contributed by atoms with E-state index in [4.69, 9.17) is 4.74 Å². The van der Waals surface area contributed by atoms with Crippen molar-refractivity contribution in [2.24, 2.45) is 0 Å². The fourth-order valence-electron chi connectivity index (χ4n) is 2.60. The first-order chi connectivity index (χ1) is 10.3. The van der Waals surface area contributed by atoms with Gasteiger partial charge in [0, 0.05) is 31.0 Å². The Bertz CT molecular complexity index is 574. The lowest BCUT2D eigenvalue weighted by molar-refractivity contribution is 0.146. The summed E-state index contributed by atoms with van der Waals surface area (Å²) in [6.07, 6.45) is 5.09. The molecular formula is C17H20N2O2. The van der Waals surface area contributed by atoms with Gasteiger partial charge in [0.1, 0.15) is 11.9 Å². The number of pyridine rings is 1. The van der Waals surface area contributed by atoms with Crippen molar-refractivity contribution in [1.29, 1.82) is 0 Å². The van der Waals surface area contributed by atoms with Gasteiger partial charge < -0.3 is 15.2 Å². The molecule has 0 fully saturated rings. The highest BCUT2D eigenvalue weighted by Crippen LogP contribution is 2.26. The number of ether oxygens (including phenoxy) is 1. The number of aromatic nitrogens is 1. The molecule has 21 heavy (non-hydrogen) atoms. The van der Waals surface area contributed by atoms with Crippen LogP contribution in [0.4, 0.5) is 0 Å². The molecule has 4 nitrogen and oxygen atoms in total. The Kier molecular flexibility index (Phi) is 4.48. The zero-order valence-corrected chi connectivity index (χ0v) is 11.9. The van der Waals surface area contributed by atoms with Crippen LogP contribution >= 0.6 is 0 Å². The summed E-state index contributed by atoms with van der Waals surface area (Å²) < 4.78 is 5.96. The summed E-state index contributed by atoms with van der Waals surface area (Å²) in [7, 11) is 0. The zero-order chi connectivity index (χ0) is 14.5. The lowest BCUT2D eigenvalue weighted by Gasteiger charge is -2.26. The van der Waals surface area contributed by atoms with E-state index in [0.29, 0.717) is 6.54 Å². The normalized spacial score (nSPS) is 18.6. The number of nitrogens with zero attached hydrogens (tertiary/aromatic N) is 1. The first-order valence-electron chi connectivity index (χ1n) is 7.36. The Labute approximate surface area is 124 Å². The number of aliphatic hydroxyl groups is 1. The third kappa shape index (κ3) is 3.60. The first-order valence-corrected chi connectivity index (χ1v) is 7.36. The molecule has 3 rings (SSSR count). The van der Waals surface area contributed by atoms with E-state index in [-0.39, 0.29) is 6.10 Å². The van der Waals surface area contributed by atoms with Crippen LogP contribution in [0.2, 0.25) is 0 Å². The third-order valence-electron chi connectivity index (χ3n) is 3.78. The Morgan fingerprint density at radius 2 is 2.19 bits per heavy atom. The molecule has 110 valence electrons. The largest absolute Gasteiger partial charge is 0.489 e. The topological polar surface area (TPSA) is 54.4 Å². The van der Waals surface area contributed by atoms with E-state index in [1.807, 2.05) is 30.3 Å². The highest BCUT2D eigenvalue weighted by molar-refractivity contribution is 5.35. The molecule has 0 spiro atoms. The van der Waals surface area contributed by atoms with Gasteiger partial charge in [-0.25, -0.2) is 0 Å².